The normalized spacial score (nSPS) is 26.2. The van der Waals surface area contributed by atoms with Crippen molar-refractivity contribution < 1.29 is 0 Å². The first-order valence-corrected chi connectivity index (χ1v) is 7.05. The van der Waals surface area contributed by atoms with Crippen molar-refractivity contribution in [3.05, 3.63) is 12.7 Å². The molecule has 100 valence electrons. The zero-order chi connectivity index (χ0) is 12.9. The summed E-state index contributed by atoms with van der Waals surface area (Å²) in [5, 5.41) is 0. The van der Waals surface area contributed by atoms with Crippen LogP contribution in [-0.4, -0.2) is 30.1 Å². The lowest BCUT2D eigenvalue weighted by Crippen LogP contribution is -2.46. The minimum absolute atomic E-state index is 0.227. The van der Waals surface area contributed by atoms with Gasteiger partial charge in [0.25, 0.3) is 0 Å². The topological polar surface area (TPSA) is 29.3 Å². The fourth-order valence-corrected chi connectivity index (χ4v) is 2.90. The van der Waals surface area contributed by atoms with Crippen molar-refractivity contribution in [2.75, 3.05) is 19.6 Å². The summed E-state index contributed by atoms with van der Waals surface area (Å²) in [5.74, 6) is 1.52. The Bertz CT molecular complexity index is 230. The second-order valence-corrected chi connectivity index (χ2v) is 6.40. The van der Waals surface area contributed by atoms with Gasteiger partial charge in [-0.25, -0.2) is 0 Å². The van der Waals surface area contributed by atoms with Crippen LogP contribution in [-0.2, 0) is 0 Å². The molecule has 1 aliphatic rings. The van der Waals surface area contributed by atoms with Gasteiger partial charge < -0.3 is 5.73 Å². The first kappa shape index (κ1) is 14.7. The second kappa shape index (κ2) is 6.55. The van der Waals surface area contributed by atoms with Gasteiger partial charge in [-0.15, -0.1) is 6.58 Å². The summed E-state index contributed by atoms with van der Waals surface area (Å²) in [4.78, 5) is 2.54. The number of nitrogens with two attached hydrogens (primary N) is 1. The lowest BCUT2D eigenvalue weighted by Gasteiger charge is -2.41. The highest BCUT2D eigenvalue weighted by Crippen LogP contribution is 2.31. The zero-order valence-corrected chi connectivity index (χ0v) is 11.9. The Balaban J connectivity index is 2.61. The maximum atomic E-state index is 5.91. The highest BCUT2D eigenvalue weighted by Gasteiger charge is 2.29. The van der Waals surface area contributed by atoms with Crippen LogP contribution < -0.4 is 5.73 Å². The Kier molecular flexibility index (Phi) is 5.68. The van der Waals surface area contributed by atoms with Crippen LogP contribution >= 0.6 is 0 Å². The van der Waals surface area contributed by atoms with Crippen molar-refractivity contribution in [1.29, 1.82) is 0 Å². The lowest BCUT2D eigenvalue weighted by molar-refractivity contribution is 0.0929. The maximum absolute atomic E-state index is 5.91. The van der Waals surface area contributed by atoms with E-state index in [1.54, 1.807) is 0 Å². The molecule has 0 saturated heterocycles. The van der Waals surface area contributed by atoms with Crippen LogP contribution in [0.3, 0.4) is 0 Å². The molecule has 0 amide bonds. The molecular weight excluding hydrogens is 208 g/mol. The molecule has 2 heteroatoms. The van der Waals surface area contributed by atoms with Gasteiger partial charge in [0.2, 0.25) is 0 Å². The Hall–Kier alpha value is -0.340. The summed E-state index contributed by atoms with van der Waals surface area (Å²) in [6, 6.07) is 0. The molecule has 1 aliphatic carbocycles. The monoisotopic (exact) mass is 238 g/mol. The van der Waals surface area contributed by atoms with Gasteiger partial charge in [0, 0.05) is 18.6 Å². The molecule has 0 aliphatic heterocycles. The lowest BCUT2D eigenvalue weighted by atomic mass is 9.78. The van der Waals surface area contributed by atoms with E-state index in [-0.39, 0.29) is 5.54 Å². The van der Waals surface area contributed by atoms with Crippen molar-refractivity contribution in [2.45, 2.75) is 52.0 Å². The third-order valence-electron chi connectivity index (χ3n) is 4.12. The average molecular weight is 238 g/mol. The second-order valence-electron chi connectivity index (χ2n) is 6.40. The standard InChI is InChI=1S/C15H30N2/c1-5-10-17(15(2,3)4)12-14-9-7-6-8-13(14)11-16/h5,13-14H,1,6-12,16H2,2-4H3. The van der Waals surface area contributed by atoms with Gasteiger partial charge in [0.05, 0.1) is 0 Å². The van der Waals surface area contributed by atoms with Crippen LogP contribution in [0.4, 0.5) is 0 Å². The Morgan fingerprint density at radius 2 is 1.82 bits per heavy atom. The van der Waals surface area contributed by atoms with E-state index in [2.05, 4.69) is 32.3 Å². The van der Waals surface area contributed by atoms with Crippen LogP contribution in [0.2, 0.25) is 0 Å². The highest BCUT2D eigenvalue weighted by molar-refractivity contribution is 4.87. The molecule has 17 heavy (non-hydrogen) atoms. The largest absolute Gasteiger partial charge is 0.330 e. The van der Waals surface area contributed by atoms with Gasteiger partial charge in [-0.1, -0.05) is 18.9 Å². The van der Waals surface area contributed by atoms with E-state index in [9.17, 15) is 0 Å². The summed E-state index contributed by atoms with van der Waals surface area (Å²) in [6.45, 7) is 13.8. The van der Waals surface area contributed by atoms with Gasteiger partial charge in [-0.2, -0.15) is 0 Å². The van der Waals surface area contributed by atoms with Crippen molar-refractivity contribution in [1.82, 2.24) is 4.90 Å². The first-order valence-electron chi connectivity index (χ1n) is 7.05. The van der Waals surface area contributed by atoms with E-state index in [0.717, 1.165) is 24.9 Å². The van der Waals surface area contributed by atoms with Gasteiger partial charge in [-0.3, -0.25) is 4.90 Å². The summed E-state index contributed by atoms with van der Waals surface area (Å²) >= 11 is 0. The van der Waals surface area contributed by atoms with Crippen LogP contribution in [0.1, 0.15) is 46.5 Å². The van der Waals surface area contributed by atoms with Crippen LogP contribution in [0.5, 0.6) is 0 Å². The Labute approximate surface area is 107 Å². The van der Waals surface area contributed by atoms with Gasteiger partial charge in [-0.05, 0) is 52.0 Å². The average Bonchev–Trinajstić information content (AvgIpc) is 2.28. The Morgan fingerprint density at radius 3 is 2.29 bits per heavy atom. The summed E-state index contributed by atoms with van der Waals surface area (Å²) in [6.07, 6.45) is 7.45. The third-order valence-corrected chi connectivity index (χ3v) is 4.12. The van der Waals surface area contributed by atoms with Crippen LogP contribution in [0.15, 0.2) is 12.7 Å². The van der Waals surface area contributed by atoms with Crippen LogP contribution in [0.25, 0.3) is 0 Å². The highest BCUT2D eigenvalue weighted by atomic mass is 15.2. The molecule has 2 N–H and O–H groups in total. The molecule has 0 spiro atoms. The van der Waals surface area contributed by atoms with Gasteiger partial charge in [0.1, 0.15) is 0 Å². The number of nitrogens with zero attached hydrogens (tertiary/aromatic N) is 1. The van der Waals surface area contributed by atoms with E-state index in [1.807, 2.05) is 6.08 Å². The molecule has 0 aromatic carbocycles. The first-order chi connectivity index (χ1) is 7.99. The molecule has 2 atom stereocenters. The third kappa shape index (κ3) is 4.44. The van der Waals surface area contributed by atoms with Crippen molar-refractivity contribution in [2.24, 2.45) is 17.6 Å². The van der Waals surface area contributed by atoms with E-state index in [4.69, 9.17) is 5.73 Å². The number of hydrogen-bond donors (Lipinski definition) is 1. The van der Waals surface area contributed by atoms with E-state index >= 15 is 0 Å². The Morgan fingerprint density at radius 1 is 1.24 bits per heavy atom. The van der Waals surface area contributed by atoms with Gasteiger partial charge in [0.15, 0.2) is 0 Å². The smallest absolute Gasteiger partial charge is 0.0165 e. The molecule has 0 aromatic rings. The number of hydrogen-bond acceptors (Lipinski definition) is 2. The molecule has 0 aromatic heterocycles. The zero-order valence-electron chi connectivity index (χ0n) is 11.9. The van der Waals surface area contributed by atoms with Crippen LogP contribution in [0, 0.1) is 11.8 Å². The van der Waals surface area contributed by atoms with E-state index in [0.29, 0.717) is 0 Å². The van der Waals surface area contributed by atoms with Crippen molar-refractivity contribution in [3.63, 3.8) is 0 Å². The fraction of sp³-hybridized carbons (Fsp3) is 0.867. The van der Waals surface area contributed by atoms with Crippen molar-refractivity contribution in [3.8, 4) is 0 Å². The summed E-state index contributed by atoms with van der Waals surface area (Å²) in [7, 11) is 0. The molecule has 2 unspecified atom stereocenters. The summed E-state index contributed by atoms with van der Waals surface area (Å²) in [5.41, 5.74) is 6.14. The predicted molar refractivity (Wildman–Crippen MR) is 76.0 cm³/mol. The molecule has 1 fully saturated rings. The summed E-state index contributed by atoms with van der Waals surface area (Å²) < 4.78 is 0. The quantitative estimate of drug-likeness (QED) is 0.746. The molecule has 0 radical (unpaired) electrons. The molecule has 2 nitrogen and oxygen atoms in total. The molecular formula is C15H30N2. The number of rotatable bonds is 5. The fourth-order valence-electron chi connectivity index (χ4n) is 2.90. The minimum Gasteiger partial charge on any atom is -0.330 e. The predicted octanol–water partition coefficient (Wildman–Crippen LogP) is 3.04. The molecule has 1 saturated carbocycles. The molecule has 0 heterocycles. The van der Waals surface area contributed by atoms with Gasteiger partial charge >= 0.3 is 0 Å². The van der Waals surface area contributed by atoms with Crippen molar-refractivity contribution >= 4 is 0 Å². The van der Waals surface area contributed by atoms with E-state index in [1.165, 1.54) is 32.2 Å². The molecule has 1 rings (SSSR count). The maximum Gasteiger partial charge on any atom is 0.0165 e. The minimum atomic E-state index is 0.227. The molecule has 0 bridgehead atoms. The SMILES string of the molecule is C=CCN(CC1CCCCC1CN)C(C)(C)C. The van der Waals surface area contributed by atoms with E-state index < -0.39 is 0 Å².